The minimum Gasteiger partial charge on any atom is -0.391 e. The average molecular weight is 296 g/mol. The third-order valence-corrected chi connectivity index (χ3v) is 3.63. The monoisotopic (exact) mass is 295 g/mol. The summed E-state index contributed by atoms with van der Waals surface area (Å²) in [5, 5.41) is 13.3. The van der Waals surface area contributed by atoms with Crippen molar-refractivity contribution in [3.8, 4) is 0 Å². The zero-order chi connectivity index (χ0) is 15.0. The summed E-state index contributed by atoms with van der Waals surface area (Å²) in [6.45, 7) is 4.37. The number of halogens is 1. The fourth-order valence-corrected chi connectivity index (χ4v) is 2.14. The van der Waals surface area contributed by atoms with Crippen LogP contribution in [0.4, 0.5) is 0 Å². The number of carbonyl (C=O) groups is 1. The summed E-state index contributed by atoms with van der Waals surface area (Å²) in [5.74, 6) is 0.0282. The van der Waals surface area contributed by atoms with E-state index in [1.807, 2.05) is 26.0 Å². The fourth-order valence-electron chi connectivity index (χ4n) is 2.01. The lowest BCUT2D eigenvalue weighted by Gasteiger charge is -2.19. The zero-order valence-electron chi connectivity index (χ0n) is 12.0. The van der Waals surface area contributed by atoms with E-state index in [1.165, 1.54) is 6.08 Å². The summed E-state index contributed by atoms with van der Waals surface area (Å²) in [5.41, 5.74) is 0.907. The number of aliphatic hydroxyl groups is 1. The average Bonchev–Trinajstić information content (AvgIpc) is 2.45. The molecule has 1 rings (SSSR count). The molecule has 0 radical (unpaired) electrons. The number of aliphatic hydroxyl groups excluding tert-OH is 1. The van der Waals surface area contributed by atoms with Crippen molar-refractivity contribution in [2.45, 2.75) is 32.8 Å². The summed E-state index contributed by atoms with van der Waals surface area (Å²) in [7, 11) is 0. The van der Waals surface area contributed by atoms with E-state index in [0.717, 1.165) is 18.4 Å². The highest BCUT2D eigenvalue weighted by molar-refractivity contribution is 6.30. The van der Waals surface area contributed by atoms with Crippen molar-refractivity contribution in [2.75, 3.05) is 6.54 Å². The molecule has 1 aromatic carbocycles. The smallest absolute Gasteiger partial charge is 0.244 e. The third kappa shape index (κ3) is 5.76. The molecule has 1 amide bonds. The van der Waals surface area contributed by atoms with Crippen molar-refractivity contribution in [2.24, 2.45) is 5.92 Å². The van der Waals surface area contributed by atoms with E-state index < -0.39 is 6.10 Å². The summed E-state index contributed by atoms with van der Waals surface area (Å²) in [6.07, 6.45) is 4.51. The van der Waals surface area contributed by atoms with Crippen LogP contribution in [-0.2, 0) is 4.79 Å². The Morgan fingerprint density at radius 3 is 2.45 bits per heavy atom. The third-order valence-electron chi connectivity index (χ3n) is 3.38. The molecule has 0 aliphatic rings. The van der Waals surface area contributed by atoms with Gasteiger partial charge in [-0.1, -0.05) is 50.4 Å². The Hall–Kier alpha value is -1.32. The predicted molar refractivity (Wildman–Crippen MR) is 83.6 cm³/mol. The summed E-state index contributed by atoms with van der Waals surface area (Å²) in [6, 6.07) is 7.22. The molecule has 0 aliphatic carbocycles. The zero-order valence-corrected chi connectivity index (χ0v) is 12.7. The Kier molecular flexibility index (Phi) is 7.34. The number of amides is 1. The van der Waals surface area contributed by atoms with Crippen LogP contribution in [0, 0.1) is 5.92 Å². The van der Waals surface area contributed by atoms with Crippen molar-refractivity contribution in [1.29, 1.82) is 0 Å². The predicted octanol–water partition coefficient (Wildman–Crippen LogP) is 3.27. The van der Waals surface area contributed by atoms with Crippen molar-refractivity contribution in [3.05, 3.63) is 40.9 Å². The first-order valence-corrected chi connectivity index (χ1v) is 7.34. The Balaban J connectivity index is 2.42. The standard InChI is InChI=1S/C16H22ClNO2/c1-3-13(4-2)15(19)11-18-16(20)10-7-12-5-8-14(17)9-6-12/h5-10,13,15,19H,3-4,11H2,1-2H3,(H,18,20)/b10-7+. The minimum atomic E-state index is -0.488. The van der Waals surface area contributed by atoms with Gasteiger partial charge in [0.05, 0.1) is 6.10 Å². The van der Waals surface area contributed by atoms with E-state index in [-0.39, 0.29) is 18.4 Å². The van der Waals surface area contributed by atoms with E-state index in [1.54, 1.807) is 18.2 Å². The maximum atomic E-state index is 11.7. The van der Waals surface area contributed by atoms with E-state index in [4.69, 9.17) is 11.6 Å². The van der Waals surface area contributed by atoms with Gasteiger partial charge < -0.3 is 10.4 Å². The molecule has 3 nitrogen and oxygen atoms in total. The van der Waals surface area contributed by atoms with Crippen LogP contribution in [-0.4, -0.2) is 23.7 Å². The second kappa shape index (κ2) is 8.77. The first kappa shape index (κ1) is 16.7. The normalized spacial score (nSPS) is 12.8. The maximum absolute atomic E-state index is 11.7. The van der Waals surface area contributed by atoms with Crippen LogP contribution >= 0.6 is 11.6 Å². The number of hydrogen-bond donors (Lipinski definition) is 2. The van der Waals surface area contributed by atoms with Crippen molar-refractivity contribution < 1.29 is 9.90 Å². The second-order valence-electron chi connectivity index (χ2n) is 4.77. The topological polar surface area (TPSA) is 49.3 Å². The molecule has 0 aromatic heterocycles. The van der Waals surface area contributed by atoms with Gasteiger partial charge in [-0.3, -0.25) is 4.79 Å². The van der Waals surface area contributed by atoms with Gasteiger partial charge >= 0.3 is 0 Å². The lowest BCUT2D eigenvalue weighted by Crippen LogP contribution is -2.35. The van der Waals surface area contributed by atoms with E-state index in [0.29, 0.717) is 5.02 Å². The quantitative estimate of drug-likeness (QED) is 0.759. The summed E-state index contributed by atoms with van der Waals surface area (Å²) in [4.78, 5) is 11.7. The van der Waals surface area contributed by atoms with E-state index in [9.17, 15) is 9.90 Å². The van der Waals surface area contributed by atoms with Crippen molar-refractivity contribution in [1.82, 2.24) is 5.32 Å². The van der Waals surface area contributed by atoms with E-state index >= 15 is 0 Å². The first-order valence-electron chi connectivity index (χ1n) is 6.96. The number of nitrogens with one attached hydrogen (secondary N) is 1. The Morgan fingerprint density at radius 1 is 1.30 bits per heavy atom. The molecular formula is C16H22ClNO2. The largest absolute Gasteiger partial charge is 0.391 e. The van der Waals surface area contributed by atoms with Gasteiger partial charge in [0, 0.05) is 17.6 Å². The minimum absolute atomic E-state index is 0.204. The van der Waals surface area contributed by atoms with Crippen LogP contribution < -0.4 is 5.32 Å². The maximum Gasteiger partial charge on any atom is 0.244 e. The molecule has 0 saturated heterocycles. The molecule has 1 atom stereocenters. The highest BCUT2D eigenvalue weighted by atomic mass is 35.5. The highest BCUT2D eigenvalue weighted by Crippen LogP contribution is 2.12. The van der Waals surface area contributed by atoms with Crippen LogP contribution in [0.1, 0.15) is 32.3 Å². The summed E-state index contributed by atoms with van der Waals surface area (Å²) < 4.78 is 0. The number of rotatable bonds is 7. The first-order chi connectivity index (χ1) is 9.56. The highest BCUT2D eigenvalue weighted by Gasteiger charge is 2.15. The molecule has 1 unspecified atom stereocenters. The molecule has 0 bridgehead atoms. The fraction of sp³-hybridized carbons (Fsp3) is 0.438. The molecule has 0 saturated carbocycles. The molecule has 2 N–H and O–H groups in total. The van der Waals surface area contributed by atoms with Gasteiger partial charge in [0.25, 0.3) is 0 Å². The van der Waals surface area contributed by atoms with Crippen LogP contribution in [0.2, 0.25) is 5.02 Å². The molecule has 110 valence electrons. The Bertz CT molecular complexity index is 438. The molecule has 1 aromatic rings. The van der Waals surface area contributed by atoms with Crippen molar-refractivity contribution >= 4 is 23.6 Å². The SMILES string of the molecule is CCC(CC)C(O)CNC(=O)/C=C/c1ccc(Cl)cc1. The molecule has 0 aliphatic heterocycles. The van der Waals surface area contributed by atoms with Crippen LogP contribution in [0.25, 0.3) is 6.08 Å². The van der Waals surface area contributed by atoms with Gasteiger partial charge in [0.15, 0.2) is 0 Å². The van der Waals surface area contributed by atoms with Gasteiger partial charge in [-0.15, -0.1) is 0 Å². The lowest BCUT2D eigenvalue weighted by atomic mass is 9.96. The van der Waals surface area contributed by atoms with E-state index in [2.05, 4.69) is 5.32 Å². The summed E-state index contributed by atoms with van der Waals surface area (Å²) >= 11 is 5.78. The van der Waals surface area contributed by atoms with Gasteiger partial charge in [-0.25, -0.2) is 0 Å². The Morgan fingerprint density at radius 2 is 1.90 bits per heavy atom. The van der Waals surface area contributed by atoms with Crippen LogP contribution in [0.15, 0.2) is 30.3 Å². The molecule has 20 heavy (non-hydrogen) atoms. The lowest BCUT2D eigenvalue weighted by molar-refractivity contribution is -0.117. The molecule has 4 heteroatoms. The second-order valence-corrected chi connectivity index (χ2v) is 5.21. The van der Waals surface area contributed by atoms with Gasteiger partial charge in [-0.05, 0) is 29.7 Å². The van der Waals surface area contributed by atoms with Crippen molar-refractivity contribution in [3.63, 3.8) is 0 Å². The van der Waals surface area contributed by atoms with Crippen LogP contribution in [0.3, 0.4) is 0 Å². The molecule has 0 spiro atoms. The Labute approximate surface area is 125 Å². The number of hydrogen-bond acceptors (Lipinski definition) is 2. The van der Waals surface area contributed by atoms with Gasteiger partial charge in [0.2, 0.25) is 5.91 Å². The molecule has 0 fully saturated rings. The molecule has 0 heterocycles. The number of carbonyl (C=O) groups excluding carboxylic acids is 1. The number of benzene rings is 1. The van der Waals surface area contributed by atoms with Gasteiger partial charge in [0.1, 0.15) is 0 Å². The molecular weight excluding hydrogens is 274 g/mol. The van der Waals surface area contributed by atoms with Crippen LogP contribution in [0.5, 0.6) is 0 Å². The van der Waals surface area contributed by atoms with Gasteiger partial charge in [-0.2, -0.15) is 0 Å².